The van der Waals surface area contributed by atoms with Gasteiger partial charge >= 0.3 is 5.97 Å². The molecule has 34 heavy (non-hydrogen) atoms. The summed E-state index contributed by atoms with van der Waals surface area (Å²) < 4.78 is 0. The Kier molecular flexibility index (Phi) is 11.5. The lowest BCUT2D eigenvalue weighted by molar-refractivity contribution is -0.142. The highest BCUT2D eigenvalue weighted by Crippen LogP contribution is 2.16. The van der Waals surface area contributed by atoms with Crippen LogP contribution in [0.3, 0.4) is 0 Å². The lowest BCUT2D eigenvalue weighted by Crippen LogP contribution is -2.54. The minimum absolute atomic E-state index is 0.267. The first-order valence-electron chi connectivity index (χ1n) is 11.8. The van der Waals surface area contributed by atoms with Crippen molar-refractivity contribution >= 4 is 28.6 Å². The largest absolute Gasteiger partial charge is 0.480 e. The number of fused-ring (bicyclic) bond motifs is 1. The lowest BCUT2D eigenvalue weighted by Gasteiger charge is -2.23. The summed E-state index contributed by atoms with van der Waals surface area (Å²) in [5.41, 5.74) is 18.1. The van der Waals surface area contributed by atoms with E-state index in [1.807, 2.05) is 42.5 Å². The van der Waals surface area contributed by atoms with Crippen LogP contribution < -0.4 is 27.8 Å². The number of rotatable bonds is 15. The van der Waals surface area contributed by atoms with Crippen molar-refractivity contribution < 1.29 is 19.5 Å². The number of unbranched alkanes of at least 4 members (excludes halogenated alkanes) is 2. The molecule has 9 N–H and O–H groups in total. The third kappa shape index (κ3) is 8.74. The average Bonchev–Trinajstić information content (AvgIpc) is 2.82. The summed E-state index contributed by atoms with van der Waals surface area (Å²) >= 11 is 0. The van der Waals surface area contributed by atoms with Gasteiger partial charge in [0.25, 0.3) is 0 Å². The molecule has 0 saturated heterocycles. The van der Waals surface area contributed by atoms with Gasteiger partial charge in [0.05, 0.1) is 6.04 Å². The maximum Gasteiger partial charge on any atom is 0.326 e. The van der Waals surface area contributed by atoms with Crippen LogP contribution in [0.4, 0.5) is 0 Å². The summed E-state index contributed by atoms with van der Waals surface area (Å²) in [6, 6.07) is 11.0. The number of carbonyl (C=O) groups excluding carboxylic acids is 2. The monoisotopic (exact) mass is 471 g/mol. The van der Waals surface area contributed by atoms with Crippen LogP contribution in [0.5, 0.6) is 0 Å². The Morgan fingerprint density at radius 2 is 1.38 bits per heavy atom. The normalized spacial score (nSPS) is 13.7. The number of benzene rings is 2. The second kappa shape index (κ2) is 14.3. The summed E-state index contributed by atoms with van der Waals surface area (Å²) in [7, 11) is 0. The van der Waals surface area contributed by atoms with Gasteiger partial charge in [-0.2, -0.15) is 0 Å². The van der Waals surface area contributed by atoms with Crippen molar-refractivity contribution in [2.24, 2.45) is 17.2 Å². The van der Waals surface area contributed by atoms with Crippen molar-refractivity contribution in [3.8, 4) is 0 Å². The molecule has 0 aromatic heterocycles. The number of hydrogen-bond donors (Lipinski definition) is 6. The number of aliphatic carboxylic acids is 1. The molecular weight excluding hydrogens is 434 g/mol. The molecule has 0 aliphatic heterocycles. The summed E-state index contributed by atoms with van der Waals surface area (Å²) in [5, 5.41) is 16.9. The van der Waals surface area contributed by atoms with Gasteiger partial charge in [0, 0.05) is 0 Å². The molecule has 2 aromatic rings. The van der Waals surface area contributed by atoms with Crippen LogP contribution in [-0.4, -0.2) is 54.1 Å². The van der Waals surface area contributed by atoms with Gasteiger partial charge in [0.2, 0.25) is 11.8 Å². The molecule has 0 bridgehead atoms. The Balaban J connectivity index is 2.02. The topological polar surface area (TPSA) is 174 Å². The Hall–Kier alpha value is -3.01. The minimum atomic E-state index is -1.12. The van der Waals surface area contributed by atoms with E-state index >= 15 is 0 Å². The quantitative estimate of drug-likeness (QED) is 0.210. The van der Waals surface area contributed by atoms with Gasteiger partial charge in [-0.15, -0.1) is 0 Å². The Morgan fingerprint density at radius 3 is 2.00 bits per heavy atom. The molecule has 2 aromatic carbocycles. The molecular formula is C25H37N5O4. The standard InChI is InChI=1S/C25H37N5O4/c26-13-5-3-9-21(24(32)30-22(25(33)34)10-4-6-14-27)29-23(31)20(28)16-17-11-12-18-7-1-2-8-19(18)15-17/h1-2,7-8,11-12,15,20-22H,3-6,9-10,13-14,16,26-28H2,(H,29,31)(H,30,32)(H,33,34)/t20-,21-,22-/m0/s1. The molecule has 0 heterocycles. The van der Waals surface area contributed by atoms with E-state index in [0.29, 0.717) is 51.6 Å². The van der Waals surface area contributed by atoms with E-state index in [0.717, 1.165) is 16.3 Å². The minimum Gasteiger partial charge on any atom is -0.480 e. The van der Waals surface area contributed by atoms with Crippen LogP contribution in [-0.2, 0) is 20.8 Å². The highest BCUT2D eigenvalue weighted by molar-refractivity contribution is 5.92. The lowest BCUT2D eigenvalue weighted by atomic mass is 10.0. The zero-order chi connectivity index (χ0) is 24.9. The molecule has 186 valence electrons. The SMILES string of the molecule is NCCCC[C@H](NC(=O)[C@H](CCCCN)NC(=O)[C@@H](N)Cc1ccc2ccccc2c1)C(=O)O. The Labute approximate surface area is 200 Å². The van der Waals surface area contributed by atoms with E-state index in [4.69, 9.17) is 17.2 Å². The van der Waals surface area contributed by atoms with Crippen LogP contribution in [0, 0.1) is 0 Å². The molecule has 0 fully saturated rings. The smallest absolute Gasteiger partial charge is 0.326 e. The molecule has 0 radical (unpaired) electrons. The first kappa shape index (κ1) is 27.2. The zero-order valence-corrected chi connectivity index (χ0v) is 19.5. The molecule has 3 atom stereocenters. The maximum atomic E-state index is 12.9. The van der Waals surface area contributed by atoms with Gasteiger partial charge in [-0.25, -0.2) is 4.79 Å². The van der Waals surface area contributed by atoms with E-state index in [9.17, 15) is 19.5 Å². The van der Waals surface area contributed by atoms with E-state index < -0.39 is 35.9 Å². The molecule has 9 heteroatoms. The fourth-order valence-electron chi connectivity index (χ4n) is 3.78. The van der Waals surface area contributed by atoms with Crippen LogP contribution in [0.25, 0.3) is 10.8 Å². The fourth-order valence-corrected chi connectivity index (χ4v) is 3.78. The van der Waals surface area contributed by atoms with Crippen LogP contribution >= 0.6 is 0 Å². The molecule has 2 rings (SSSR count). The predicted octanol–water partition coefficient (Wildman–Crippen LogP) is 1.02. The summed E-state index contributed by atoms with van der Waals surface area (Å²) in [4.78, 5) is 37.2. The molecule has 0 aliphatic carbocycles. The second-order valence-electron chi connectivity index (χ2n) is 8.52. The van der Waals surface area contributed by atoms with E-state index in [1.54, 1.807) is 0 Å². The van der Waals surface area contributed by atoms with Gasteiger partial charge in [-0.1, -0.05) is 42.5 Å². The Morgan fingerprint density at radius 1 is 0.794 bits per heavy atom. The predicted molar refractivity (Wildman–Crippen MR) is 133 cm³/mol. The number of carbonyl (C=O) groups is 3. The molecule has 2 amide bonds. The summed E-state index contributed by atoms with van der Waals surface area (Å²) in [5.74, 6) is -2.12. The van der Waals surface area contributed by atoms with Gasteiger partial charge in [0.1, 0.15) is 12.1 Å². The van der Waals surface area contributed by atoms with E-state index in [1.165, 1.54) is 0 Å². The molecule has 0 aliphatic rings. The van der Waals surface area contributed by atoms with Gasteiger partial charge in [0.15, 0.2) is 0 Å². The maximum absolute atomic E-state index is 12.9. The van der Waals surface area contributed by atoms with Crippen molar-refractivity contribution in [2.75, 3.05) is 13.1 Å². The average molecular weight is 472 g/mol. The van der Waals surface area contributed by atoms with E-state index in [2.05, 4.69) is 10.6 Å². The number of amides is 2. The summed E-state index contributed by atoms with van der Waals surface area (Å²) in [6.07, 6.45) is 3.45. The van der Waals surface area contributed by atoms with Crippen molar-refractivity contribution in [1.82, 2.24) is 10.6 Å². The molecule has 0 spiro atoms. The van der Waals surface area contributed by atoms with Gasteiger partial charge < -0.3 is 32.9 Å². The fraction of sp³-hybridized carbons (Fsp3) is 0.480. The summed E-state index contributed by atoms with van der Waals surface area (Å²) in [6.45, 7) is 0.910. The number of carboxylic acids is 1. The zero-order valence-electron chi connectivity index (χ0n) is 19.5. The number of nitrogens with two attached hydrogens (primary N) is 3. The third-order valence-electron chi connectivity index (χ3n) is 5.75. The van der Waals surface area contributed by atoms with Gasteiger partial charge in [-0.05, 0) is 74.4 Å². The van der Waals surface area contributed by atoms with Crippen LogP contribution in [0.1, 0.15) is 44.1 Å². The third-order valence-corrected chi connectivity index (χ3v) is 5.75. The number of hydrogen-bond acceptors (Lipinski definition) is 6. The molecule has 0 saturated carbocycles. The first-order valence-corrected chi connectivity index (χ1v) is 11.8. The number of nitrogens with one attached hydrogen (secondary N) is 2. The van der Waals surface area contributed by atoms with Gasteiger partial charge in [-0.3, -0.25) is 9.59 Å². The molecule has 9 nitrogen and oxygen atoms in total. The Bertz CT molecular complexity index is 952. The number of carboxylic acid groups (broad SMARTS) is 1. The second-order valence-corrected chi connectivity index (χ2v) is 8.52. The van der Waals surface area contributed by atoms with Crippen LogP contribution in [0.15, 0.2) is 42.5 Å². The van der Waals surface area contributed by atoms with Crippen molar-refractivity contribution in [1.29, 1.82) is 0 Å². The van der Waals surface area contributed by atoms with Crippen molar-refractivity contribution in [2.45, 2.75) is 63.1 Å². The van der Waals surface area contributed by atoms with Crippen LogP contribution in [0.2, 0.25) is 0 Å². The first-order chi connectivity index (χ1) is 16.3. The highest BCUT2D eigenvalue weighted by atomic mass is 16.4. The highest BCUT2D eigenvalue weighted by Gasteiger charge is 2.27. The van der Waals surface area contributed by atoms with Crippen molar-refractivity contribution in [3.63, 3.8) is 0 Å². The van der Waals surface area contributed by atoms with E-state index in [-0.39, 0.29) is 6.42 Å². The molecule has 0 unspecified atom stereocenters. The van der Waals surface area contributed by atoms with Crippen molar-refractivity contribution in [3.05, 3.63) is 48.0 Å².